The van der Waals surface area contributed by atoms with Crippen molar-refractivity contribution in [1.29, 1.82) is 0 Å². The highest BCUT2D eigenvalue weighted by Gasteiger charge is 2.17. The van der Waals surface area contributed by atoms with Crippen LogP contribution in [0.1, 0.15) is 11.4 Å². The summed E-state index contributed by atoms with van der Waals surface area (Å²) in [6.07, 6.45) is 0. The van der Waals surface area contributed by atoms with Crippen LogP contribution in [0.4, 0.5) is 4.39 Å². The highest BCUT2D eigenvalue weighted by molar-refractivity contribution is 7.18. The number of nitrogens with one attached hydrogen (secondary N) is 1. The number of aryl methyl sites for hydroxylation is 1. The lowest BCUT2D eigenvalue weighted by Gasteiger charge is -2.11. The van der Waals surface area contributed by atoms with Crippen LogP contribution in [-0.2, 0) is 17.9 Å². The molecule has 1 N–H and O–H groups in total. The molecule has 0 fully saturated rings. The summed E-state index contributed by atoms with van der Waals surface area (Å²) in [5.41, 5.74) is 0.993. The van der Waals surface area contributed by atoms with E-state index in [1.165, 1.54) is 22.0 Å². The number of aromatic nitrogens is 2. The molecule has 0 atom stereocenters. The molecule has 0 radical (unpaired) electrons. The molecule has 8 heteroatoms. The lowest BCUT2D eigenvalue weighted by atomic mass is 10.2. The van der Waals surface area contributed by atoms with Gasteiger partial charge < -0.3 is 5.32 Å². The minimum absolute atomic E-state index is 0.0634. The van der Waals surface area contributed by atoms with Crippen LogP contribution in [0.2, 0.25) is 0 Å². The average molecular weight is 413 g/mol. The van der Waals surface area contributed by atoms with E-state index in [4.69, 9.17) is 0 Å². The number of fused-ring (bicyclic) bond motifs is 1. The summed E-state index contributed by atoms with van der Waals surface area (Å²) in [5, 5.41) is 7.07. The van der Waals surface area contributed by atoms with Gasteiger partial charge in [-0.2, -0.15) is 0 Å². The molecule has 1 aromatic carbocycles. The van der Waals surface area contributed by atoms with Gasteiger partial charge in [0.1, 0.15) is 23.0 Å². The fraction of sp³-hybridized carbons (Fsp3) is 0.150. The Morgan fingerprint density at radius 2 is 2.04 bits per heavy atom. The zero-order chi connectivity index (χ0) is 19.7. The minimum Gasteiger partial charge on any atom is -0.350 e. The maximum Gasteiger partial charge on any atom is 0.263 e. The Hall–Kier alpha value is -2.84. The lowest BCUT2D eigenvalue weighted by molar-refractivity contribution is -0.121. The molecule has 0 spiro atoms. The Morgan fingerprint density at radius 3 is 2.79 bits per heavy atom. The second-order valence-corrected chi connectivity index (χ2v) is 8.03. The number of amides is 1. The summed E-state index contributed by atoms with van der Waals surface area (Å²) in [7, 11) is 0. The third kappa shape index (κ3) is 3.48. The molecule has 3 aromatic heterocycles. The molecule has 5 nitrogen and oxygen atoms in total. The van der Waals surface area contributed by atoms with Crippen molar-refractivity contribution in [3.05, 3.63) is 74.7 Å². The number of thiophene rings is 2. The Bertz CT molecular complexity index is 1210. The number of halogens is 1. The molecular formula is C20H16FN3O2S2. The van der Waals surface area contributed by atoms with Gasteiger partial charge in [0.05, 0.1) is 5.39 Å². The van der Waals surface area contributed by atoms with Crippen LogP contribution in [0.3, 0.4) is 0 Å². The summed E-state index contributed by atoms with van der Waals surface area (Å²) in [4.78, 5) is 31.6. The molecule has 4 rings (SSSR count). The van der Waals surface area contributed by atoms with Crippen LogP contribution in [0.25, 0.3) is 20.7 Å². The van der Waals surface area contributed by atoms with Gasteiger partial charge in [-0.3, -0.25) is 14.2 Å². The van der Waals surface area contributed by atoms with E-state index < -0.39 is 0 Å². The Balaban J connectivity index is 1.61. The predicted octanol–water partition coefficient (Wildman–Crippen LogP) is 3.95. The third-order valence-electron chi connectivity index (χ3n) is 4.41. The van der Waals surface area contributed by atoms with E-state index in [0.29, 0.717) is 21.6 Å². The van der Waals surface area contributed by atoms with Gasteiger partial charge in [0.15, 0.2) is 0 Å². The molecule has 28 heavy (non-hydrogen) atoms. The number of nitrogens with zero attached hydrogens (tertiary/aromatic N) is 2. The molecule has 142 valence electrons. The Kier molecular flexibility index (Phi) is 5.06. The van der Waals surface area contributed by atoms with E-state index in [9.17, 15) is 14.0 Å². The maximum atomic E-state index is 13.7. The van der Waals surface area contributed by atoms with E-state index in [1.807, 2.05) is 22.9 Å². The van der Waals surface area contributed by atoms with Crippen LogP contribution < -0.4 is 10.9 Å². The normalized spacial score (nSPS) is 11.1. The van der Waals surface area contributed by atoms with Crippen molar-refractivity contribution < 1.29 is 9.18 Å². The van der Waals surface area contributed by atoms with Crippen LogP contribution in [-0.4, -0.2) is 15.5 Å². The van der Waals surface area contributed by atoms with E-state index in [0.717, 1.165) is 10.4 Å². The molecule has 0 saturated carbocycles. The molecule has 3 heterocycles. The van der Waals surface area contributed by atoms with Crippen LogP contribution in [0.5, 0.6) is 0 Å². The second kappa shape index (κ2) is 7.65. The number of carbonyl (C=O) groups excluding carboxylic acids is 1. The summed E-state index contributed by atoms with van der Waals surface area (Å²) in [5.74, 6) is -0.279. The van der Waals surface area contributed by atoms with Crippen LogP contribution >= 0.6 is 22.7 Å². The van der Waals surface area contributed by atoms with Gasteiger partial charge in [-0.15, -0.1) is 22.7 Å². The zero-order valence-corrected chi connectivity index (χ0v) is 16.6. The van der Waals surface area contributed by atoms with Gasteiger partial charge in [-0.05, 0) is 24.4 Å². The van der Waals surface area contributed by atoms with Gasteiger partial charge in [-0.1, -0.05) is 24.3 Å². The van der Waals surface area contributed by atoms with Crippen molar-refractivity contribution >= 4 is 38.8 Å². The van der Waals surface area contributed by atoms with E-state index in [1.54, 1.807) is 36.5 Å². The van der Waals surface area contributed by atoms with Gasteiger partial charge >= 0.3 is 0 Å². The van der Waals surface area contributed by atoms with Gasteiger partial charge in [0, 0.05) is 27.9 Å². The number of benzene rings is 1. The molecule has 1 amide bonds. The predicted molar refractivity (Wildman–Crippen MR) is 110 cm³/mol. The SMILES string of the molecule is Cc1nc2scc(-c3cccs3)c2c(=O)n1CC(=O)NCc1ccccc1F. The monoisotopic (exact) mass is 413 g/mol. The molecular weight excluding hydrogens is 397 g/mol. The molecule has 0 saturated heterocycles. The quantitative estimate of drug-likeness (QED) is 0.539. The van der Waals surface area contributed by atoms with Gasteiger partial charge in [-0.25, -0.2) is 9.37 Å². The minimum atomic E-state index is -0.377. The van der Waals surface area contributed by atoms with Crippen molar-refractivity contribution in [3.8, 4) is 10.4 Å². The van der Waals surface area contributed by atoms with Gasteiger partial charge in [0.2, 0.25) is 5.91 Å². The molecule has 0 bridgehead atoms. The Labute approximate surface area is 168 Å². The average Bonchev–Trinajstić information content (AvgIpc) is 3.34. The largest absolute Gasteiger partial charge is 0.350 e. The smallest absolute Gasteiger partial charge is 0.263 e. The molecule has 0 aliphatic heterocycles. The first-order valence-corrected chi connectivity index (χ1v) is 10.3. The molecule has 0 aliphatic rings. The van der Waals surface area contributed by atoms with Crippen molar-refractivity contribution in [2.24, 2.45) is 0 Å². The third-order valence-corrected chi connectivity index (χ3v) is 6.18. The second-order valence-electron chi connectivity index (χ2n) is 6.23. The number of hydrogen-bond donors (Lipinski definition) is 1. The summed E-state index contributed by atoms with van der Waals surface area (Å²) in [6, 6.07) is 10.1. The van der Waals surface area contributed by atoms with Gasteiger partial charge in [0.25, 0.3) is 5.56 Å². The van der Waals surface area contributed by atoms with Crippen LogP contribution in [0, 0.1) is 12.7 Å². The standard InChI is InChI=1S/C20H16FN3O2S2/c1-12-23-19-18(14(11-28-19)16-7-4-8-27-16)20(26)24(12)10-17(25)22-9-13-5-2-3-6-15(13)21/h2-8,11H,9-10H2,1H3,(H,22,25). The fourth-order valence-electron chi connectivity index (χ4n) is 2.96. The fourth-order valence-corrected chi connectivity index (χ4v) is 4.76. The number of rotatable bonds is 5. The number of carbonyl (C=O) groups is 1. The highest BCUT2D eigenvalue weighted by Crippen LogP contribution is 2.33. The first-order chi connectivity index (χ1) is 13.5. The number of hydrogen-bond acceptors (Lipinski definition) is 5. The molecule has 0 unspecified atom stereocenters. The Morgan fingerprint density at radius 1 is 1.21 bits per heavy atom. The van der Waals surface area contributed by atoms with E-state index in [2.05, 4.69) is 10.3 Å². The first kappa shape index (κ1) is 18.5. The first-order valence-electron chi connectivity index (χ1n) is 8.57. The lowest BCUT2D eigenvalue weighted by Crippen LogP contribution is -2.33. The summed E-state index contributed by atoms with van der Waals surface area (Å²) < 4.78 is 15.1. The van der Waals surface area contributed by atoms with Crippen molar-refractivity contribution in [2.45, 2.75) is 20.0 Å². The zero-order valence-electron chi connectivity index (χ0n) is 14.9. The topological polar surface area (TPSA) is 64.0 Å². The van der Waals surface area contributed by atoms with E-state index in [-0.39, 0.29) is 30.4 Å². The maximum absolute atomic E-state index is 13.7. The highest BCUT2D eigenvalue weighted by atomic mass is 32.1. The van der Waals surface area contributed by atoms with Crippen molar-refractivity contribution in [2.75, 3.05) is 0 Å². The van der Waals surface area contributed by atoms with Crippen molar-refractivity contribution in [1.82, 2.24) is 14.9 Å². The van der Waals surface area contributed by atoms with E-state index >= 15 is 0 Å². The summed E-state index contributed by atoms with van der Waals surface area (Å²) in [6.45, 7) is 1.60. The molecule has 4 aromatic rings. The van der Waals surface area contributed by atoms with Crippen LogP contribution in [0.15, 0.2) is 52.0 Å². The molecule has 0 aliphatic carbocycles. The van der Waals surface area contributed by atoms with Crippen molar-refractivity contribution in [3.63, 3.8) is 0 Å². The summed E-state index contributed by atoms with van der Waals surface area (Å²) >= 11 is 2.97.